The number of hydrogen-bond acceptors (Lipinski definition) is 3. The van der Waals surface area contributed by atoms with Crippen molar-refractivity contribution in [3.05, 3.63) is 34.8 Å². The van der Waals surface area contributed by atoms with Crippen molar-refractivity contribution in [3.8, 4) is 10.7 Å². The van der Waals surface area contributed by atoms with E-state index in [4.69, 9.17) is 11.6 Å². The van der Waals surface area contributed by atoms with Crippen molar-refractivity contribution in [3.63, 3.8) is 0 Å². The van der Waals surface area contributed by atoms with E-state index in [1.165, 1.54) is 11.3 Å². The molecule has 3 heterocycles. The monoisotopic (exact) mass is 249 g/mol. The first-order valence-corrected chi connectivity index (χ1v) is 5.98. The molecule has 0 radical (unpaired) electrons. The summed E-state index contributed by atoms with van der Waals surface area (Å²) in [4.78, 5) is 9.91. The Morgan fingerprint density at radius 1 is 1.31 bits per heavy atom. The Hall–Kier alpha value is -1.39. The molecule has 5 heteroatoms. The normalized spacial score (nSPS) is 11.1. The summed E-state index contributed by atoms with van der Waals surface area (Å²) in [6, 6.07) is 7.71. The summed E-state index contributed by atoms with van der Waals surface area (Å²) >= 11 is 7.45. The van der Waals surface area contributed by atoms with E-state index in [1.54, 1.807) is 6.20 Å². The maximum Gasteiger partial charge on any atom is 0.160 e. The Morgan fingerprint density at radius 2 is 2.19 bits per heavy atom. The first-order chi connectivity index (χ1) is 7.75. The van der Waals surface area contributed by atoms with Crippen LogP contribution in [0, 0.1) is 0 Å². The van der Waals surface area contributed by atoms with Gasteiger partial charge in [0.2, 0.25) is 0 Å². The molecule has 0 bridgehead atoms. The van der Waals surface area contributed by atoms with Crippen LogP contribution in [0.25, 0.3) is 21.9 Å². The van der Waals surface area contributed by atoms with Gasteiger partial charge in [0.1, 0.15) is 5.52 Å². The fourth-order valence-electron chi connectivity index (χ4n) is 1.68. The maximum atomic E-state index is 5.93. The number of aromatic nitrogens is 3. The number of pyridine rings is 1. The third-order valence-corrected chi connectivity index (χ3v) is 3.65. The van der Waals surface area contributed by atoms with Crippen LogP contribution in [-0.2, 0) is 7.05 Å². The van der Waals surface area contributed by atoms with E-state index in [1.807, 2.05) is 35.9 Å². The number of nitrogens with zero attached hydrogens (tertiary/aromatic N) is 3. The zero-order chi connectivity index (χ0) is 11.1. The Labute approximate surface area is 101 Å². The summed E-state index contributed by atoms with van der Waals surface area (Å²) in [7, 11) is 1.96. The highest BCUT2D eigenvalue weighted by molar-refractivity contribution is 7.19. The second-order valence-corrected chi connectivity index (χ2v) is 5.16. The van der Waals surface area contributed by atoms with Gasteiger partial charge in [0.15, 0.2) is 11.5 Å². The van der Waals surface area contributed by atoms with Gasteiger partial charge >= 0.3 is 0 Å². The molecule has 0 fully saturated rings. The first-order valence-electron chi connectivity index (χ1n) is 4.79. The largest absolute Gasteiger partial charge is 0.311 e. The lowest BCUT2D eigenvalue weighted by molar-refractivity contribution is 0.945. The maximum absolute atomic E-state index is 5.93. The van der Waals surface area contributed by atoms with E-state index in [0.717, 1.165) is 26.2 Å². The second-order valence-electron chi connectivity index (χ2n) is 3.44. The van der Waals surface area contributed by atoms with Gasteiger partial charge in [-0.2, -0.15) is 0 Å². The van der Waals surface area contributed by atoms with Crippen LogP contribution in [0.3, 0.4) is 0 Å². The van der Waals surface area contributed by atoms with E-state index in [0.29, 0.717) is 0 Å². The molecule has 0 aromatic carbocycles. The van der Waals surface area contributed by atoms with Gasteiger partial charge in [-0.05, 0) is 24.3 Å². The van der Waals surface area contributed by atoms with Gasteiger partial charge in [-0.1, -0.05) is 11.6 Å². The molecule has 0 N–H and O–H groups in total. The lowest BCUT2D eigenvalue weighted by Crippen LogP contribution is -1.91. The molecule has 3 rings (SSSR count). The van der Waals surface area contributed by atoms with Crippen LogP contribution >= 0.6 is 22.9 Å². The highest BCUT2D eigenvalue weighted by Crippen LogP contribution is 2.31. The summed E-state index contributed by atoms with van der Waals surface area (Å²) in [5.41, 5.74) is 1.80. The fourth-order valence-corrected chi connectivity index (χ4v) is 2.75. The van der Waals surface area contributed by atoms with Gasteiger partial charge in [-0.25, -0.2) is 9.97 Å². The number of thiophene rings is 1. The smallest absolute Gasteiger partial charge is 0.160 e. The first kappa shape index (κ1) is 9.81. The number of aryl methyl sites for hydroxylation is 1. The lowest BCUT2D eigenvalue weighted by atomic mass is 10.4. The highest BCUT2D eigenvalue weighted by atomic mass is 35.5. The predicted octanol–water partition coefficient (Wildman–Crippen LogP) is 3.35. The van der Waals surface area contributed by atoms with Crippen LogP contribution in [0.15, 0.2) is 30.5 Å². The van der Waals surface area contributed by atoms with E-state index >= 15 is 0 Å². The molecule has 0 aliphatic carbocycles. The van der Waals surface area contributed by atoms with Crippen molar-refractivity contribution < 1.29 is 0 Å². The van der Waals surface area contributed by atoms with Crippen LogP contribution in [-0.4, -0.2) is 14.5 Å². The molecule has 0 saturated carbocycles. The fraction of sp³-hybridized carbons (Fsp3) is 0.0909. The minimum Gasteiger partial charge on any atom is -0.311 e. The summed E-state index contributed by atoms with van der Waals surface area (Å²) in [5.74, 6) is 0.908. The van der Waals surface area contributed by atoms with Gasteiger partial charge < -0.3 is 4.57 Å². The van der Waals surface area contributed by atoms with Crippen LogP contribution in [0.5, 0.6) is 0 Å². The van der Waals surface area contributed by atoms with E-state index < -0.39 is 0 Å². The molecule has 3 aromatic rings. The number of fused-ring (bicyclic) bond motifs is 1. The van der Waals surface area contributed by atoms with Gasteiger partial charge in [-0.3, -0.25) is 0 Å². The van der Waals surface area contributed by atoms with E-state index in [2.05, 4.69) is 9.97 Å². The summed E-state index contributed by atoms with van der Waals surface area (Å²) in [6.07, 6.45) is 1.77. The minimum absolute atomic E-state index is 0.773. The molecule has 0 aliphatic heterocycles. The van der Waals surface area contributed by atoms with Crippen LogP contribution in [0.1, 0.15) is 0 Å². The zero-order valence-corrected chi connectivity index (χ0v) is 10.1. The summed E-state index contributed by atoms with van der Waals surface area (Å²) in [6.45, 7) is 0. The van der Waals surface area contributed by atoms with Crippen molar-refractivity contribution in [2.24, 2.45) is 7.05 Å². The molecule has 3 nitrogen and oxygen atoms in total. The SMILES string of the molecule is Cn1c(-c2ccc(Cl)s2)nc2cccnc21. The van der Waals surface area contributed by atoms with Crippen molar-refractivity contribution in [2.45, 2.75) is 0 Å². The number of halogens is 1. The molecule has 80 valence electrons. The molecule has 0 aliphatic rings. The average Bonchev–Trinajstić information content (AvgIpc) is 2.84. The number of imidazole rings is 1. The lowest BCUT2D eigenvalue weighted by Gasteiger charge is -1.97. The Morgan fingerprint density at radius 3 is 2.88 bits per heavy atom. The van der Waals surface area contributed by atoms with Crippen molar-refractivity contribution in [1.82, 2.24) is 14.5 Å². The van der Waals surface area contributed by atoms with Crippen molar-refractivity contribution >= 4 is 34.1 Å². The van der Waals surface area contributed by atoms with E-state index in [9.17, 15) is 0 Å². The van der Waals surface area contributed by atoms with Crippen molar-refractivity contribution in [1.29, 1.82) is 0 Å². The molecule has 0 saturated heterocycles. The molecule has 16 heavy (non-hydrogen) atoms. The number of rotatable bonds is 1. The predicted molar refractivity (Wildman–Crippen MR) is 66.8 cm³/mol. The number of hydrogen-bond donors (Lipinski definition) is 0. The average molecular weight is 250 g/mol. The molecular formula is C11H8ClN3S. The molecule has 0 amide bonds. The minimum atomic E-state index is 0.773. The molecule has 0 spiro atoms. The molecule has 0 atom stereocenters. The standard InChI is InChI=1S/C11H8ClN3S/c1-15-10-7(3-2-6-13-10)14-11(15)8-4-5-9(12)16-8/h2-6H,1H3. The molecule has 0 unspecified atom stereocenters. The second kappa shape index (κ2) is 3.57. The van der Waals surface area contributed by atoms with Crippen LogP contribution in [0.2, 0.25) is 4.34 Å². The summed E-state index contributed by atoms with van der Waals surface area (Å²) in [5, 5.41) is 0. The van der Waals surface area contributed by atoms with Gasteiger partial charge in [0.25, 0.3) is 0 Å². The molecular weight excluding hydrogens is 242 g/mol. The zero-order valence-electron chi connectivity index (χ0n) is 8.51. The van der Waals surface area contributed by atoms with Gasteiger partial charge in [-0.15, -0.1) is 11.3 Å². The Kier molecular flexibility index (Phi) is 2.19. The third-order valence-electron chi connectivity index (χ3n) is 2.42. The summed E-state index contributed by atoms with van der Waals surface area (Å²) < 4.78 is 2.76. The third kappa shape index (κ3) is 1.42. The van der Waals surface area contributed by atoms with E-state index in [-0.39, 0.29) is 0 Å². The topological polar surface area (TPSA) is 30.7 Å². The Bertz CT molecular complexity index is 656. The van der Waals surface area contributed by atoms with Gasteiger partial charge in [0, 0.05) is 13.2 Å². The molecule has 3 aromatic heterocycles. The van der Waals surface area contributed by atoms with Gasteiger partial charge in [0.05, 0.1) is 9.21 Å². The van der Waals surface area contributed by atoms with Crippen LogP contribution in [0.4, 0.5) is 0 Å². The quantitative estimate of drug-likeness (QED) is 0.662. The Balaban J connectivity index is 2.28. The van der Waals surface area contributed by atoms with Crippen LogP contribution < -0.4 is 0 Å². The van der Waals surface area contributed by atoms with Crippen molar-refractivity contribution in [2.75, 3.05) is 0 Å². The highest BCUT2D eigenvalue weighted by Gasteiger charge is 2.11.